The Morgan fingerprint density at radius 3 is 2.33 bits per heavy atom. The quantitative estimate of drug-likeness (QED) is 0.759. The summed E-state index contributed by atoms with van der Waals surface area (Å²) in [6.45, 7) is 2.05. The molecule has 2 amide bonds. The highest BCUT2D eigenvalue weighted by molar-refractivity contribution is 6.30. The van der Waals surface area contributed by atoms with Crippen molar-refractivity contribution < 1.29 is 14.3 Å². The summed E-state index contributed by atoms with van der Waals surface area (Å²) >= 11 is 5.86. The fourth-order valence-corrected chi connectivity index (χ4v) is 3.04. The van der Waals surface area contributed by atoms with Crippen LogP contribution < -0.4 is 4.74 Å². The Bertz CT molecular complexity index is 841. The van der Waals surface area contributed by atoms with Crippen molar-refractivity contribution in [3.63, 3.8) is 0 Å². The molecule has 0 N–H and O–H groups in total. The first kappa shape index (κ1) is 19.0. The van der Waals surface area contributed by atoms with Gasteiger partial charge in [0.2, 0.25) is 5.91 Å². The standard InChI is InChI=1S/C21H21ClN2O3/c1-27-19-4-2-3-17(15-19)21(26)24-13-11-23(12-14-24)20(25)10-7-16-5-8-18(22)9-6-16/h2-10,15H,11-14H2,1H3/b10-7+. The Balaban J connectivity index is 1.55. The molecule has 1 aliphatic rings. The summed E-state index contributed by atoms with van der Waals surface area (Å²) in [6, 6.07) is 14.4. The molecule has 6 heteroatoms. The summed E-state index contributed by atoms with van der Waals surface area (Å²) in [6.07, 6.45) is 3.33. The van der Waals surface area contributed by atoms with E-state index in [9.17, 15) is 9.59 Å². The van der Waals surface area contributed by atoms with Gasteiger partial charge in [-0.15, -0.1) is 0 Å². The molecule has 0 radical (unpaired) electrons. The molecular formula is C21H21ClN2O3. The lowest BCUT2D eigenvalue weighted by Gasteiger charge is -2.34. The second kappa shape index (κ2) is 8.73. The Kier molecular flexibility index (Phi) is 6.14. The number of nitrogens with zero attached hydrogens (tertiary/aromatic N) is 2. The van der Waals surface area contributed by atoms with Crippen LogP contribution in [0.4, 0.5) is 0 Å². The number of carbonyl (C=O) groups is 2. The van der Waals surface area contributed by atoms with Gasteiger partial charge in [-0.2, -0.15) is 0 Å². The van der Waals surface area contributed by atoms with Crippen LogP contribution in [0.25, 0.3) is 6.08 Å². The third-order valence-electron chi connectivity index (χ3n) is 4.48. The molecule has 0 unspecified atom stereocenters. The highest BCUT2D eigenvalue weighted by Gasteiger charge is 2.24. The zero-order valence-electron chi connectivity index (χ0n) is 15.1. The summed E-state index contributed by atoms with van der Waals surface area (Å²) in [7, 11) is 1.57. The minimum absolute atomic E-state index is 0.0438. The summed E-state index contributed by atoms with van der Waals surface area (Å²) < 4.78 is 5.17. The molecule has 0 aliphatic carbocycles. The molecule has 0 bridgehead atoms. The van der Waals surface area contributed by atoms with Gasteiger partial charge >= 0.3 is 0 Å². The highest BCUT2D eigenvalue weighted by atomic mass is 35.5. The molecule has 1 aliphatic heterocycles. The average molecular weight is 385 g/mol. The van der Waals surface area contributed by atoms with Crippen LogP contribution in [0, 0.1) is 0 Å². The minimum atomic E-state index is -0.0570. The molecule has 5 nitrogen and oxygen atoms in total. The van der Waals surface area contributed by atoms with Gasteiger partial charge in [0.25, 0.3) is 5.91 Å². The maximum atomic E-state index is 12.6. The van der Waals surface area contributed by atoms with Crippen LogP contribution >= 0.6 is 11.6 Å². The predicted octanol–water partition coefficient (Wildman–Crippen LogP) is 3.35. The molecule has 140 valence electrons. The molecule has 1 fully saturated rings. The lowest BCUT2D eigenvalue weighted by Crippen LogP contribution is -2.50. The van der Waals surface area contributed by atoms with Gasteiger partial charge in [0.05, 0.1) is 7.11 Å². The number of carbonyl (C=O) groups excluding carboxylic acids is 2. The second-order valence-corrected chi connectivity index (χ2v) is 6.67. The Morgan fingerprint density at radius 1 is 1.00 bits per heavy atom. The molecule has 27 heavy (non-hydrogen) atoms. The van der Waals surface area contributed by atoms with E-state index >= 15 is 0 Å². The van der Waals surface area contributed by atoms with Gasteiger partial charge in [0.15, 0.2) is 0 Å². The topological polar surface area (TPSA) is 49.9 Å². The monoisotopic (exact) mass is 384 g/mol. The third-order valence-corrected chi connectivity index (χ3v) is 4.74. The number of ether oxygens (including phenoxy) is 1. The minimum Gasteiger partial charge on any atom is -0.497 e. The van der Waals surface area contributed by atoms with E-state index in [0.717, 1.165) is 5.56 Å². The van der Waals surface area contributed by atoms with E-state index in [1.807, 2.05) is 12.1 Å². The largest absolute Gasteiger partial charge is 0.497 e. The van der Waals surface area contributed by atoms with E-state index in [1.54, 1.807) is 65.5 Å². The van der Waals surface area contributed by atoms with Crippen molar-refractivity contribution in [1.29, 1.82) is 0 Å². The van der Waals surface area contributed by atoms with Crippen molar-refractivity contribution in [2.24, 2.45) is 0 Å². The van der Waals surface area contributed by atoms with Crippen molar-refractivity contribution in [3.05, 3.63) is 70.8 Å². The van der Waals surface area contributed by atoms with Crippen molar-refractivity contribution in [1.82, 2.24) is 9.80 Å². The summed E-state index contributed by atoms with van der Waals surface area (Å²) in [4.78, 5) is 28.5. The molecule has 0 spiro atoms. The van der Waals surface area contributed by atoms with E-state index in [1.165, 1.54) is 0 Å². The van der Waals surface area contributed by atoms with Crippen LogP contribution in [-0.2, 0) is 4.79 Å². The van der Waals surface area contributed by atoms with Crippen LogP contribution in [-0.4, -0.2) is 54.9 Å². The van der Waals surface area contributed by atoms with Crippen molar-refractivity contribution in [2.45, 2.75) is 0 Å². The first-order chi connectivity index (χ1) is 13.1. The Labute approximate surface area is 163 Å². The molecule has 3 rings (SSSR count). The van der Waals surface area contributed by atoms with E-state index in [4.69, 9.17) is 16.3 Å². The van der Waals surface area contributed by atoms with Gasteiger partial charge in [-0.1, -0.05) is 29.8 Å². The van der Waals surface area contributed by atoms with Gasteiger partial charge in [0, 0.05) is 42.8 Å². The Hall–Kier alpha value is -2.79. The molecule has 0 aromatic heterocycles. The van der Waals surface area contributed by atoms with E-state index < -0.39 is 0 Å². The maximum absolute atomic E-state index is 12.6. The second-order valence-electron chi connectivity index (χ2n) is 6.23. The third kappa shape index (κ3) is 4.89. The summed E-state index contributed by atoms with van der Waals surface area (Å²) in [5.74, 6) is 0.554. The highest BCUT2D eigenvalue weighted by Crippen LogP contribution is 2.16. The van der Waals surface area contributed by atoms with Crippen molar-refractivity contribution in [2.75, 3.05) is 33.3 Å². The molecule has 0 atom stereocenters. The van der Waals surface area contributed by atoms with Crippen LogP contribution in [0.1, 0.15) is 15.9 Å². The molecule has 1 saturated heterocycles. The number of piperazine rings is 1. The zero-order chi connectivity index (χ0) is 19.2. The fraction of sp³-hybridized carbons (Fsp3) is 0.238. The summed E-state index contributed by atoms with van der Waals surface area (Å²) in [5.41, 5.74) is 1.51. The van der Waals surface area contributed by atoms with Gasteiger partial charge in [0.1, 0.15) is 5.75 Å². The number of rotatable bonds is 4. The number of hydrogen-bond donors (Lipinski definition) is 0. The summed E-state index contributed by atoms with van der Waals surface area (Å²) in [5, 5.41) is 0.662. The SMILES string of the molecule is COc1cccc(C(=O)N2CCN(C(=O)/C=C/c3ccc(Cl)cc3)CC2)c1. The first-order valence-corrected chi connectivity index (χ1v) is 9.10. The van der Waals surface area contributed by atoms with E-state index in [0.29, 0.717) is 42.5 Å². The van der Waals surface area contributed by atoms with Gasteiger partial charge < -0.3 is 14.5 Å². The average Bonchev–Trinajstić information content (AvgIpc) is 2.72. The van der Waals surface area contributed by atoms with Crippen molar-refractivity contribution in [3.8, 4) is 5.75 Å². The van der Waals surface area contributed by atoms with Crippen LogP contribution in [0.3, 0.4) is 0 Å². The lowest BCUT2D eigenvalue weighted by atomic mass is 10.1. The van der Waals surface area contributed by atoms with E-state index in [-0.39, 0.29) is 11.8 Å². The van der Waals surface area contributed by atoms with Gasteiger partial charge in [-0.05, 0) is 42.0 Å². The number of hydrogen-bond acceptors (Lipinski definition) is 3. The van der Waals surface area contributed by atoms with Crippen LogP contribution in [0.15, 0.2) is 54.6 Å². The molecule has 1 heterocycles. The molecule has 2 aromatic rings. The van der Waals surface area contributed by atoms with E-state index in [2.05, 4.69) is 0 Å². The van der Waals surface area contributed by atoms with Crippen LogP contribution in [0.2, 0.25) is 5.02 Å². The first-order valence-electron chi connectivity index (χ1n) is 8.73. The number of halogens is 1. The molecule has 0 saturated carbocycles. The van der Waals surface area contributed by atoms with Crippen molar-refractivity contribution >= 4 is 29.5 Å². The number of methoxy groups -OCH3 is 1. The number of benzene rings is 2. The Morgan fingerprint density at radius 2 is 1.67 bits per heavy atom. The molecular weight excluding hydrogens is 364 g/mol. The smallest absolute Gasteiger partial charge is 0.254 e. The number of amides is 2. The van der Waals surface area contributed by atoms with Crippen LogP contribution in [0.5, 0.6) is 5.75 Å². The lowest BCUT2D eigenvalue weighted by molar-refractivity contribution is -0.127. The van der Waals surface area contributed by atoms with Gasteiger partial charge in [-0.3, -0.25) is 9.59 Å². The normalized spacial score (nSPS) is 14.4. The molecule has 2 aromatic carbocycles. The predicted molar refractivity (Wildman–Crippen MR) is 106 cm³/mol. The maximum Gasteiger partial charge on any atom is 0.254 e. The zero-order valence-corrected chi connectivity index (χ0v) is 15.9. The fourth-order valence-electron chi connectivity index (χ4n) is 2.92. The van der Waals surface area contributed by atoms with Gasteiger partial charge in [-0.25, -0.2) is 0 Å².